The number of aryl methyl sites for hydroxylation is 2. The van der Waals surface area contributed by atoms with E-state index in [2.05, 4.69) is 4.98 Å². The van der Waals surface area contributed by atoms with Gasteiger partial charge in [0.2, 0.25) is 5.82 Å². The number of benzene rings is 1. The maximum Gasteiger partial charge on any atom is 0.309 e. The van der Waals surface area contributed by atoms with E-state index in [4.69, 9.17) is 0 Å². The van der Waals surface area contributed by atoms with Gasteiger partial charge in [0.15, 0.2) is 0 Å². The highest BCUT2D eigenvalue weighted by Gasteiger charge is 2.28. The molecule has 116 valence electrons. The molecule has 22 heavy (non-hydrogen) atoms. The predicted octanol–water partition coefficient (Wildman–Crippen LogP) is 1.95. The van der Waals surface area contributed by atoms with Crippen LogP contribution in [-0.2, 0) is 16.6 Å². The number of nitrogens with zero attached hydrogens (tertiary/aromatic N) is 4. The van der Waals surface area contributed by atoms with Gasteiger partial charge in [-0.3, -0.25) is 0 Å². The van der Waals surface area contributed by atoms with Gasteiger partial charge in [-0.15, -0.1) is 0 Å². The molecule has 0 amide bonds. The Balaban J connectivity index is 2.85. The number of imidazole rings is 1. The Hall–Kier alpha value is -2.17. The summed E-state index contributed by atoms with van der Waals surface area (Å²) in [4.78, 5) is 4.19. The number of hydrogen-bond acceptors (Lipinski definition) is 4. The van der Waals surface area contributed by atoms with Gasteiger partial charge < -0.3 is 0 Å². The lowest BCUT2D eigenvalue weighted by Gasteiger charge is -2.16. The van der Waals surface area contributed by atoms with Gasteiger partial charge in [0, 0.05) is 19.7 Å². The first-order chi connectivity index (χ1) is 10.3. The maximum absolute atomic E-state index is 12.6. The lowest BCUT2D eigenvalue weighted by atomic mass is 10.1. The molecule has 0 radical (unpaired) electrons. The third-order valence-electron chi connectivity index (χ3n) is 3.36. The minimum absolute atomic E-state index is 0.124. The minimum atomic E-state index is -3.83. The molecular weight excluding hydrogens is 300 g/mol. The van der Waals surface area contributed by atoms with Crippen molar-refractivity contribution < 1.29 is 8.42 Å². The highest BCUT2D eigenvalue weighted by Crippen LogP contribution is 2.28. The van der Waals surface area contributed by atoms with Crippen molar-refractivity contribution in [2.24, 2.45) is 0 Å². The summed E-state index contributed by atoms with van der Waals surface area (Å²) < 4.78 is 27.3. The molecular formula is C15H18N4O2S. The molecule has 1 heterocycles. The number of nitriles is 1. The van der Waals surface area contributed by atoms with Gasteiger partial charge in [-0.25, -0.2) is 4.98 Å². The van der Waals surface area contributed by atoms with Crippen LogP contribution in [0.15, 0.2) is 24.3 Å². The van der Waals surface area contributed by atoms with Crippen LogP contribution in [0.5, 0.6) is 0 Å². The lowest BCUT2D eigenvalue weighted by molar-refractivity contribution is 0.510. The second-order valence-electron chi connectivity index (χ2n) is 5.12. The molecule has 0 saturated heterocycles. The van der Waals surface area contributed by atoms with E-state index in [0.29, 0.717) is 17.8 Å². The predicted molar refractivity (Wildman–Crippen MR) is 84.5 cm³/mol. The van der Waals surface area contributed by atoms with E-state index in [0.717, 1.165) is 19.4 Å². The first-order valence-corrected chi connectivity index (χ1v) is 8.24. The molecule has 0 N–H and O–H groups in total. The van der Waals surface area contributed by atoms with Crippen molar-refractivity contribution in [2.45, 2.75) is 20.3 Å². The molecule has 0 unspecified atom stereocenters. The van der Waals surface area contributed by atoms with E-state index in [-0.39, 0.29) is 5.82 Å². The molecule has 2 aromatic rings. The average Bonchev–Trinajstić information content (AvgIpc) is 2.87. The van der Waals surface area contributed by atoms with Crippen molar-refractivity contribution in [2.75, 3.05) is 14.1 Å². The SMILES string of the molecule is CCc1nc(C#N)n(S(=O)(=O)N(C)C)c1-c1ccc(C)cc1. The first-order valence-electron chi connectivity index (χ1n) is 6.84. The molecule has 0 aliphatic rings. The Kier molecular flexibility index (Phi) is 4.35. The molecule has 0 aliphatic carbocycles. The van der Waals surface area contributed by atoms with Crippen LogP contribution in [-0.4, -0.2) is 35.8 Å². The summed E-state index contributed by atoms with van der Waals surface area (Å²) in [6.07, 6.45) is 0.536. The summed E-state index contributed by atoms with van der Waals surface area (Å²) in [5, 5.41) is 9.27. The van der Waals surface area contributed by atoms with Crippen molar-refractivity contribution in [3.8, 4) is 17.3 Å². The van der Waals surface area contributed by atoms with Gasteiger partial charge in [0.1, 0.15) is 6.07 Å². The van der Waals surface area contributed by atoms with Crippen LogP contribution < -0.4 is 0 Å². The molecule has 0 fully saturated rings. The Morgan fingerprint density at radius 1 is 1.27 bits per heavy atom. The van der Waals surface area contributed by atoms with Crippen molar-refractivity contribution in [1.29, 1.82) is 5.26 Å². The Labute approximate surface area is 130 Å². The fourth-order valence-corrected chi connectivity index (χ4v) is 3.22. The van der Waals surface area contributed by atoms with Crippen LogP contribution in [0.4, 0.5) is 0 Å². The summed E-state index contributed by atoms with van der Waals surface area (Å²) in [5.74, 6) is -0.124. The van der Waals surface area contributed by atoms with Crippen LogP contribution in [0.3, 0.4) is 0 Å². The average molecular weight is 318 g/mol. The fourth-order valence-electron chi connectivity index (χ4n) is 2.15. The van der Waals surface area contributed by atoms with E-state index in [1.807, 2.05) is 44.2 Å². The summed E-state index contributed by atoms with van der Waals surface area (Å²) >= 11 is 0. The molecule has 0 atom stereocenters. The van der Waals surface area contributed by atoms with Crippen LogP contribution in [0.2, 0.25) is 0 Å². The minimum Gasteiger partial charge on any atom is -0.222 e. The standard InChI is InChI=1S/C15H18N4O2S/c1-5-13-15(12-8-6-11(2)7-9-12)19(14(10-16)17-13)22(20,21)18(3)4/h6-9H,5H2,1-4H3. The highest BCUT2D eigenvalue weighted by molar-refractivity contribution is 7.87. The molecule has 1 aromatic heterocycles. The molecule has 2 rings (SSSR count). The fraction of sp³-hybridized carbons (Fsp3) is 0.333. The number of aromatic nitrogens is 2. The summed E-state index contributed by atoms with van der Waals surface area (Å²) in [6, 6.07) is 9.37. The van der Waals surface area contributed by atoms with Crippen LogP contribution in [0.25, 0.3) is 11.3 Å². The zero-order valence-electron chi connectivity index (χ0n) is 13.0. The second kappa shape index (κ2) is 5.91. The number of hydrogen-bond donors (Lipinski definition) is 0. The number of rotatable bonds is 4. The smallest absolute Gasteiger partial charge is 0.222 e. The van der Waals surface area contributed by atoms with Gasteiger partial charge in [0.05, 0.1) is 11.4 Å². The zero-order chi connectivity index (χ0) is 16.5. The molecule has 6 nitrogen and oxygen atoms in total. The molecule has 0 bridgehead atoms. The normalized spacial score (nSPS) is 11.6. The molecule has 0 aliphatic heterocycles. The van der Waals surface area contributed by atoms with Crippen molar-refractivity contribution in [3.63, 3.8) is 0 Å². The summed E-state index contributed by atoms with van der Waals surface area (Å²) in [7, 11) is -0.970. The third kappa shape index (κ3) is 2.63. The largest absolute Gasteiger partial charge is 0.309 e. The Morgan fingerprint density at radius 2 is 1.86 bits per heavy atom. The molecule has 0 saturated carbocycles. The first kappa shape index (κ1) is 16.2. The quantitative estimate of drug-likeness (QED) is 0.863. The van der Waals surface area contributed by atoms with Gasteiger partial charge in [0.25, 0.3) is 0 Å². The Morgan fingerprint density at radius 3 is 2.32 bits per heavy atom. The molecule has 7 heteroatoms. The third-order valence-corrected chi connectivity index (χ3v) is 5.10. The van der Waals surface area contributed by atoms with Gasteiger partial charge in [-0.1, -0.05) is 36.8 Å². The van der Waals surface area contributed by atoms with E-state index in [9.17, 15) is 13.7 Å². The summed E-state index contributed by atoms with van der Waals surface area (Å²) in [6.45, 7) is 3.84. The second-order valence-corrected chi connectivity index (χ2v) is 7.11. The maximum atomic E-state index is 12.6. The van der Waals surface area contributed by atoms with Crippen LogP contribution >= 0.6 is 0 Å². The molecule has 0 spiro atoms. The topological polar surface area (TPSA) is 79.0 Å². The van der Waals surface area contributed by atoms with Gasteiger partial charge in [-0.05, 0) is 13.3 Å². The van der Waals surface area contributed by atoms with E-state index in [1.54, 1.807) is 0 Å². The van der Waals surface area contributed by atoms with Gasteiger partial charge in [-0.2, -0.15) is 22.0 Å². The molecule has 1 aromatic carbocycles. The zero-order valence-corrected chi connectivity index (χ0v) is 13.8. The summed E-state index contributed by atoms with van der Waals surface area (Å²) in [5.41, 5.74) is 2.84. The van der Waals surface area contributed by atoms with E-state index < -0.39 is 10.2 Å². The van der Waals surface area contributed by atoms with Crippen LogP contribution in [0, 0.1) is 18.3 Å². The lowest BCUT2D eigenvalue weighted by Crippen LogP contribution is -2.30. The van der Waals surface area contributed by atoms with Crippen molar-refractivity contribution >= 4 is 10.2 Å². The van der Waals surface area contributed by atoms with Crippen molar-refractivity contribution in [3.05, 3.63) is 41.3 Å². The monoisotopic (exact) mass is 318 g/mol. The van der Waals surface area contributed by atoms with E-state index in [1.165, 1.54) is 14.1 Å². The highest BCUT2D eigenvalue weighted by atomic mass is 32.2. The van der Waals surface area contributed by atoms with Gasteiger partial charge >= 0.3 is 10.2 Å². The van der Waals surface area contributed by atoms with Crippen LogP contribution in [0.1, 0.15) is 24.0 Å². The van der Waals surface area contributed by atoms with Crippen molar-refractivity contribution in [1.82, 2.24) is 13.3 Å². The van der Waals surface area contributed by atoms with E-state index >= 15 is 0 Å². The Bertz CT molecular complexity index is 828.